The van der Waals surface area contributed by atoms with Crippen molar-refractivity contribution in [1.29, 1.82) is 0 Å². The van der Waals surface area contributed by atoms with Gasteiger partial charge in [-0.05, 0) is 49.9 Å². The van der Waals surface area contributed by atoms with Gasteiger partial charge in [0.25, 0.3) is 0 Å². The Morgan fingerprint density at radius 2 is 1.95 bits per heavy atom. The lowest BCUT2D eigenvalue weighted by atomic mass is 10.0. The van der Waals surface area contributed by atoms with Crippen molar-refractivity contribution in [2.24, 2.45) is 0 Å². The standard InChI is InChI=1S/C15H18BrN3/c16-12-5-7-13(8-6-12)17-9-10-19-11-18-14-3-1-2-4-15(14)19/h5-8,11,17H,1-4,9-10H2. The van der Waals surface area contributed by atoms with E-state index in [0.717, 1.165) is 29.7 Å². The summed E-state index contributed by atoms with van der Waals surface area (Å²) in [5, 5.41) is 3.45. The van der Waals surface area contributed by atoms with Gasteiger partial charge >= 0.3 is 0 Å². The van der Waals surface area contributed by atoms with E-state index >= 15 is 0 Å². The van der Waals surface area contributed by atoms with Crippen LogP contribution in [0, 0.1) is 0 Å². The Hall–Kier alpha value is -1.29. The molecule has 4 heteroatoms. The second-order valence-electron chi connectivity index (χ2n) is 4.97. The highest BCUT2D eigenvalue weighted by Crippen LogP contribution is 2.19. The van der Waals surface area contributed by atoms with Gasteiger partial charge in [0.05, 0.1) is 12.0 Å². The summed E-state index contributed by atoms with van der Waals surface area (Å²) in [6, 6.07) is 8.30. The minimum atomic E-state index is 0.935. The zero-order chi connectivity index (χ0) is 13.1. The predicted molar refractivity (Wildman–Crippen MR) is 81.5 cm³/mol. The summed E-state index contributed by atoms with van der Waals surface area (Å²) in [6.07, 6.45) is 6.94. The van der Waals surface area contributed by atoms with Gasteiger partial charge < -0.3 is 9.88 Å². The molecule has 0 unspecified atom stereocenters. The van der Waals surface area contributed by atoms with E-state index in [9.17, 15) is 0 Å². The fourth-order valence-electron chi connectivity index (χ4n) is 2.61. The van der Waals surface area contributed by atoms with Gasteiger partial charge in [-0.2, -0.15) is 0 Å². The first kappa shape index (κ1) is 12.7. The molecule has 0 bridgehead atoms. The lowest BCUT2D eigenvalue weighted by Gasteiger charge is -2.14. The van der Waals surface area contributed by atoms with E-state index in [1.807, 2.05) is 6.33 Å². The quantitative estimate of drug-likeness (QED) is 0.932. The number of imidazole rings is 1. The molecule has 1 heterocycles. The molecule has 0 amide bonds. The Morgan fingerprint density at radius 3 is 2.79 bits per heavy atom. The topological polar surface area (TPSA) is 29.9 Å². The third-order valence-corrected chi connectivity index (χ3v) is 4.16. The van der Waals surface area contributed by atoms with Crippen LogP contribution in [0.3, 0.4) is 0 Å². The second-order valence-corrected chi connectivity index (χ2v) is 5.89. The maximum atomic E-state index is 4.52. The van der Waals surface area contributed by atoms with Crippen LogP contribution < -0.4 is 5.32 Å². The van der Waals surface area contributed by atoms with Crippen LogP contribution in [0.5, 0.6) is 0 Å². The van der Waals surface area contributed by atoms with Crippen molar-refractivity contribution in [2.75, 3.05) is 11.9 Å². The summed E-state index contributed by atoms with van der Waals surface area (Å²) < 4.78 is 3.42. The summed E-state index contributed by atoms with van der Waals surface area (Å²) in [6.45, 7) is 1.92. The van der Waals surface area contributed by atoms with Gasteiger partial charge in [0, 0.05) is 28.9 Å². The molecule has 0 atom stereocenters. The Kier molecular flexibility index (Phi) is 3.87. The third kappa shape index (κ3) is 3.00. The molecule has 100 valence electrons. The van der Waals surface area contributed by atoms with Crippen LogP contribution in [0.1, 0.15) is 24.2 Å². The maximum Gasteiger partial charge on any atom is 0.0952 e. The number of nitrogens with one attached hydrogen (secondary N) is 1. The highest BCUT2D eigenvalue weighted by Gasteiger charge is 2.14. The molecule has 0 saturated heterocycles. The van der Waals surface area contributed by atoms with Gasteiger partial charge in [0.15, 0.2) is 0 Å². The molecule has 1 aromatic heterocycles. The number of aromatic nitrogens is 2. The summed E-state index contributed by atoms with van der Waals surface area (Å²) >= 11 is 3.45. The first-order valence-electron chi connectivity index (χ1n) is 6.85. The van der Waals surface area contributed by atoms with E-state index in [1.54, 1.807) is 0 Å². The summed E-state index contributed by atoms with van der Waals surface area (Å²) in [5.74, 6) is 0. The van der Waals surface area contributed by atoms with E-state index in [-0.39, 0.29) is 0 Å². The Morgan fingerprint density at radius 1 is 1.16 bits per heavy atom. The summed E-state index contributed by atoms with van der Waals surface area (Å²) in [4.78, 5) is 4.52. The average Bonchev–Trinajstić information content (AvgIpc) is 2.85. The van der Waals surface area contributed by atoms with Crippen LogP contribution in [-0.2, 0) is 19.4 Å². The van der Waals surface area contributed by atoms with Gasteiger partial charge in [-0.1, -0.05) is 15.9 Å². The first-order chi connectivity index (χ1) is 9.33. The average molecular weight is 320 g/mol. The molecule has 3 rings (SSSR count). The number of anilines is 1. The largest absolute Gasteiger partial charge is 0.383 e. The highest BCUT2D eigenvalue weighted by molar-refractivity contribution is 9.10. The normalized spacial score (nSPS) is 14.2. The molecule has 1 aliphatic carbocycles. The van der Waals surface area contributed by atoms with Crippen molar-refractivity contribution in [3.8, 4) is 0 Å². The molecule has 0 radical (unpaired) electrons. The fourth-order valence-corrected chi connectivity index (χ4v) is 2.88. The molecular formula is C15H18BrN3. The van der Waals surface area contributed by atoms with E-state index < -0.39 is 0 Å². The van der Waals surface area contributed by atoms with Crippen LogP contribution in [0.15, 0.2) is 35.1 Å². The minimum Gasteiger partial charge on any atom is -0.383 e. The SMILES string of the molecule is Brc1ccc(NCCn2cnc3c2CCCC3)cc1. The molecule has 1 aliphatic rings. The van der Waals surface area contributed by atoms with Crippen LogP contribution in [-0.4, -0.2) is 16.1 Å². The number of halogens is 1. The first-order valence-corrected chi connectivity index (χ1v) is 7.64. The van der Waals surface area contributed by atoms with Crippen molar-refractivity contribution in [2.45, 2.75) is 32.2 Å². The maximum absolute atomic E-state index is 4.52. The van der Waals surface area contributed by atoms with Gasteiger partial charge in [-0.15, -0.1) is 0 Å². The number of aryl methyl sites for hydroxylation is 1. The lowest BCUT2D eigenvalue weighted by Crippen LogP contribution is -2.14. The lowest BCUT2D eigenvalue weighted by molar-refractivity contribution is 0.613. The number of hydrogen-bond donors (Lipinski definition) is 1. The minimum absolute atomic E-state index is 0.935. The number of nitrogens with zero attached hydrogens (tertiary/aromatic N) is 2. The van der Waals surface area contributed by atoms with Gasteiger partial charge in [-0.3, -0.25) is 0 Å². The van der Waals surface area contributed by atoms with Crippen molar-refractivity contribution < 1.29 is 0 Å². The zero-order valence-corrected chi connectivity index (χ0v) is 12.5. The smallest absolute Gasteiger partial charge is 0.0952 e. The van der Waals surface area contributed by atoms with Crippen molar-refractivity contribution >= 4 is 21.6 Å². The van der Waals surface area contributed by atoms with Crippen molar-refractivity contribution in [1.82, 2.24) is 9.55 Å². The fraction of sp³-hybridized carbons (Fsp3) is 0.400. The van der Waals surface area contributed by atoms with Crippen LogP contribution >= 0.6 is 15.9 Å². The molecule has 0 fully saturated rings. The number of rotatable bonds is 4. The van der Waals surface area contributed by atoms with Crippen LogP contribution in [0.4, 0.5) is 5.69 Å². The predicted octanol–water partition coefficient (Wildman–Crippen LogP) is 3.64. The monoisotopic (exact) mass is 319 g/mol. The molecule has 1 aromatic carbocycles. The molecule has 2 aromatic rings. The molecule has 0 saturated carbocycles. The van der Waals surface area contributed by atoms with Crippen LogP contribution in [0.2, 0.25) is 0 Å². The molecule has 19 heavy (non-hydrogen) atoms. The summed E-state index contributed by atoms with van der Waals surface area (Å²) in [5.41, 5.74) is 3.93. The Bertz CT molecular complexity index is 545. The molecule has 0 spiro atoms. The summed E-state index contributed by atoms with van der Waals surface area (Å²) in [7, 11) is 0. The number of benzene rings is 1. The highest BCUT2D eigenvalue weighted by atomic mass is 79.9. The van der Waals surface area contributed by atoms with Crippen molar-refractivity contribution in [3.63, 3.8) is 0 Å². The van der Waals surface area contributed by atoms with Gasteiger partial charge in [0.1, 0.15) is 0 Å². The second kappa shape index (κ2) is 5.78. The molecule has 3 nitrogen and oxygen atoms in total. The molecule has 1 N–H and O–H groups in total. The Balaban J connectivity index is 1.57. The van der Waals surface area contributed by atoms with Gasteiger partial charge in [-0.25, -0.2) is 4.98 Å². The Labute approximate surface area is 122 Å². The number of hydrogen-bond acceptors (Lipinski definition) is 2. The van der Waals surface area contributed by atoms with E-state index in [4.69, 9.17) is 0 Å². The van der Waals surface area contributed by atoms with E-state index in [2.05, 4.69) is 55.1 Å². The van der Waals surface area contributed by atoms with Crippen LogP contribution in [0.25, 0.3) is 0 Å². The molecule has 0 aliphatic heterocycles. The van der Waals surface area contributed by atoms with E-state index in [1.165, 1.54) is 30.7 Å². The van der Waals surface area contributed by atoms with Gasteiger partial charge in [0.2, 0.25) is 0 Å². The van der Waals surface area contributed by atoms with Crippen molar-refractivity contribution in [3.05, 3.63) is 46.5 Å². The third-order valence-electron chi connectivity index (χ3n) is 3.64. The molecular weight excluding hydrogens is 302 g/mol. The number of fused-ring (bicyclic) bond motifs is 1. The zero-order valence-electron chi connectivity index (χ0n) is 10.9. The van der Waals surface area contributed by atoms with E-state index in [0.29, 0.717) is 0 Å².